The molecule has 0 radical (unpaired) electrons. The number of rotatable bonds is 9. The van der Waals surface area contributed by atoms with Crippen molar-refractivity contribution in [1.29, 1.82) is 0 Å². The lowest BCUT2D eigenvalue weighted by atomic mass is 10.2. The third kappa shape index (κ3) is 5.91. The first-order chi connectivity index (χ1) is 12.7. The van der Waals surface area contributed by atoms with Crippen LogP contribution in [0.5, 0.6) is 5.75 Å². The van der Waals surface area contributed by atoms with E-state index >= 15 is 0 Å². The Balaban J connectivity index is 1.78. The number of halogens is 1. The van der Waals surface area contributed by atoms with Crippen molar-refractivity contribution < 1.29 is 4.74 Å². The largest absolute Gasteiger partial charge is 0.487 e. The summed E-state index contributed by atoms with van der Waals surface area (Å²) in [5.74, 6) is 2.41. The number of aryl methyl sites for hydroxylation is 1. The summed E-state index contributed by atoms with van der Waals surface area (Å²) >= 11 is 6.16. The molecule has 0 aliphatic rings. The van der Waals surface area contributed by atoms with Gasteiger partial charge in [0.25, 0.3) is 0 Å². The summed E-state index contributed by atoms with van der Waals surface area (Å²) in [4.78, 5) is 4.25. The molecule has 0 saturated heterocycles. The highest BCUT2D eigenvalue weighted by molar-refractivity contribution is 6.32. The number of para-hydroxylation sites is 1. The second-order valence-electron chi connectivity index (χ2n) is 5.75. The maximum Gasteiger partial charge on any atom is 0.191 e. The number of hydrogen-bond acceptors (Lipinski definition) is 4. The van der Waals surface area contributed by atoms with Crippen molar-refractivity contribution in [3.8, 4) is 5.75 Å². The Labute approximate surface area is 159 Å². The topological polar surface area (TPSA) is 76.4 Å². The zero-order valence-electron chi connectivity index (χ0n) is 15.6. The van der Waals surface area contributed by atoms with E-state index in [2.05, 4.69) is 39.7 Å². The van der Waals surface area contributed by atoms with E-state index in [1.165, 1.54) is 0 Å². The van der Waals surface area contributed by atoms with Gasteiger partial charge in [0.05, 0.1) is 11.6 Å². The van der Waals surface area contributed by atoms with Crippen LogP contribution < -0.4 is 15.4 Å². The van der Waals surface area contributed by atoms with Crippen molar-refractivity contribution in [2.45, 2.75) is 39.3 Å². The molecule has 1 unspecified atom stereocenters. The summed E-state index contributed by atoms with van der Waals surface area (Å²) in [5.41, 5.74) is 0. The Hall–Kier alpha value is -2.28. The number of nitrogens with one attached hydrogen (secondary N) is 2. The Bertz CT molecular complexity index is 702. The molecule has 8 heteroatoms. The minimum Gasteiger partial charge on any atom is -0.487 e. The van der Waals surface area contributed by atoms with Crippen molar-refractivity contribution in [2.24, 2.45) is 4.99 Å². The first kappa shape index (κ1) is 20.0. The van der Waals surface area contributed by atoms with E-state index in [4.69, 9.17) is 16.3 Å². The number of hydrogen-bond donors (Lipinski definition) is 2. The van der Waals surface area contributed by atoms with E-state index in [1.54, 1.807) is 13.4 Å². The van der Waals surface area contributed by atoms with Crippen LogP contribution in [0.4, 0.5) is 0 Å². The van der Waals surface area contributed by atoms with Gasteiger partial charge in [-0.2, -0.15) is 0 Å². The highest BCUT2D eigenvalue weighted by atomic mass is 35.5. The first-order valence-corrected chi connectivity index (χ1v) is 9.28. The molecule has 1 aromatic heterocycles. The minimum absolute atomic E-state index is 0.00186. The molecule has 0 aliphatic carbocycles. The van der Waals surface area contributed by atoms with Gasteiger partial charge in [0.2, 0.25) is 0 Å². The summed E-state index contributed by atoms with van der Waals surface area (Å²) in [6.45, 7) is 6.29. The van der Waals surface area contributed by atoms with Crippen LogP contribution in [-0.4, -0.2) is 47.0 Å². The summed E-state index contributed by atoms with van der Waals surface area (Å²) < 4.78 is 8.02. The van der Waals surface area contributed by atoms with Crippen LogP contribution in [0.2, 0.25) is 5.02 Å². The third-order valence-corrected chi connectivity index (χ3v) is 4.28. The van der Waals surface area contributed by atoms with Crippen LogP contribution in [-0.2, 0) is 13.0 Å². The van der Waals surface area contributed by atoms with Gasteiger partial charge < -0.3 is 19.9 Å². The highest BCUT2D eigenvalue weighted by Crippen LogP contribution is 2.24. The molecule has 0 bridgehead atoms. The molecular weight excluding hydrogens is 352 g/mol. The second kappa shape index (κ2) is 10.7. The molecule has 0 fully saturated rings. The van der Waals surface area contributed by atoms with E-state index in [0.29, 0.717) is 17.3 Å². The number of ether oxygens (including phenoxy) is 1. The predicted molar refractivity (Wildman–Crippen MR) is 105 cm³/mol. The lowest BCUT2D eigenvalue weighted by Gasteiger charge is -2.20. The van der Waals surface area contributed by atoms with Crippen molar-refractivity contribution in [3.05, 3.63) is 41.4 Å². The first-order valence-electron chi connectivity index (χ1n) is 8.90. The zero-order valence-corrected chi connectivity index (χ0v) is 16.3. The molecule has 0 spiro atoms. The van der Waals surface area contributed by atoms with E-state index in [0.717, 1.165) is 37.7 Å². The van der Waals surface area contributed by atoms with Gasteiger partial charge in [0, 0.05) is 26.6 Å². The van der Waals surface area contributed by atoms with Gasteiger partial charge in [0.1, 0.15) is 24.0 Å². The average Bonchev–Trinajstić information content (AvgIpc) is 3.12. The number of guanidine groups is 1. The molecule has 2 rings (SSSR count). The third-order valence-electron chi connectivity index (χ3n) is 3.96. The van der Waals surface area contributed by atoms with Gasteiger partial charge in [0.15, 0.2) is 5.96 Å². The molecule has 0 aliphatic heterocycles. The monoisotopic (exact) mass is 378 g/mol. The van der Waals surface area contributed by atoms with Gasteiger partial charge in [-0.3, -0.25) is 4.99 Å². The molecule has 0 amide bonds. The second-order valence-corrected chi connectivity index (χ2v) is 6.16. The lowest BCUT2D eigenvalue weighted by molar-refractivity contribution is 0.199. The van der Waals surface area contributed by atoms with Crippen LogP contribution in [0.25, 0.3) is 0 Å². The summed E-state index contributed by atoms with van der Waals surface area (Å²) in [7, 11) is 1.75. The molecule has 2 N–H and O–H groups in total. The fourth-order valence-electron chi connectivity index (χ4n) is 2.45. The summed E-state index contributed by atoms with van der Waals surface area (Å²) in [5, 5.41) is 15.2. The highest BCUT2D eigenvalue weighted by Gasteiger charge is 2.11. The minimum atomic E-state index is -0.00186. The number of nitrogens with zero attached hydrogens (tertiary/aromatic N) is 4. The van der Waals surface area contributed by atoms with Crippen LogP contribution in [0.3, 0.4) is 0 Å². The smallest absolute Gasteiger partial charge is 0.191 e. The molecule has 0 saturated carbocycles. The molecular formula is C18H27ClN6O. The Morgan fingerprint density at radius 2 is 2.12 bits per heavy atom. The Morgan fingerprint density at radius 3 is 2.81 bits per heavy atom. The van der Waals surface area contributed by atoms with Crippen LogP contribution in [0.15, 0.2) is 35.6 Å². The maximum atomic E-state index is 6.16. The number of benzene rings is 1. The van der Waals surface area contributed by atoms with Crippen molar-refractivity contribution in [1.82, 2.24) is 25.4 Å². The van der Waals surface area contributed by atoms with Crippen LogP contribution in [0.1, 0.15) is 26.1 Å². The zero-order chi connectivity index (χ0) is 18.8. The number of aliphatic imine (C=N–C) groups is 1. The Kier molecular flexibility index (Phi) is 8.21. The molecule has 142 valence electrons. The van der Waals surface area contributed by atoms with E-state index < -0.39 is 0 Å². The van der Waals surface area contributed by atoms with Gasteiger partial charge >= 0.3 is 0 Å². The fraction of sp³-hybridized carbons (Fsp3) is 0.500. The fourth-order valence-corrected chi connectivity index (χ4v) is 2.63. The maximum absolute atomic E-state index is 6.16. The molecule has 1 heterocycles. The lowest BCUT2D eigenvalue weighted by Crippen LogP contribution is -2.43. The van der Waals surface area contributed by atoms with Crippen molar-refractivity contribution in [2.75, 3.05) is 20.1 Å². The van der Waals surface area contributed by atoms with Gasteiger partial charge in [-0.1, -0.05) is 37.6 Å². The summed E-state index contributed by atoms with van der Waals surface area (Å²) in [6.07, 6.45) is 3.47. The molecule has 2 aromatic rings. The quantitative estimate of drug-likeness (QED) is 0.518. The molecule has 7 nitrogen and oxygen atoms in total. The SMILES string of the molecule is CCc1nncn1CCNC(=NC)NCC(CC)Oc1ccccc1Cl. The van der Waals surface area contributed by atoms with Crippen molar-refractivity contribution in [3.63, 3.8) is 0 Å². The molecule has 1 aromatic carbocycles. The van der Waals surface area contributed by atoms with Gasteiger partial charge in [-0.25, -0.2) is 0 Å². The Morgan fingerprint density at radius 1 is 1.31 bits per heavy atom. The standard InChI is InChI=1S/C18H27ClN6O/c1-4-14(26-16-9-7-6-8-15(16)19)12-22-18(20-3)21-10-11-25-13-23-24-17(25)5-2/h6-9,13-14H,4-5,10-12H2,1-3H3,(H2,20,21,22). The van der Waals surface area contributed by atoms with E-state index in [9.17, 15) is 0 Å². The van der Waals surface area contributed by atoms with Gasteiger partial charge in [-0.05, 0) is 18.6 Å². The van der Waals surface area contributed by atoms with E-state index in [-0.39, 0.29) is 6.10 Å². The van der Waals surface area contributed by atoms with Crippen LogP contribution >= 0.6 is 11.6 Å². The van der Waals surface area contributed by atoms with E-state index in [1.807, 2.05) is 28.8 Å². The van der Waals surface area contributed by atoms with Crippen molar-refractivity contribution >= 4 is 17.6 Å². The van der Waals surface area contributed by atoms with Gasteiger partial charge in [-0.15, -0.1) is 10.2 Å². The average molecular weight is 379 g/mol. The normalized spacial score (nSPS) is 12.7. The van der Waals surface area contributed by atoms with Crippen LogP contribution in [0, 0.1) is 0 Å². The molecule has 1 atom stereocenters. The molecule has 26 heavy (non-hydrogen) atoms. The predicted octanol–water partition coefficient (Wildman–Crippen LogP) is 2.52. The number of aromatic nitrogens is 3. The summed E-state index contributed by atoms with van der Waals surface area (Å²) in [6, 6.07) is 7.51.